The molecule has 0 atom stereocenters. The fourth-order valence-electron chi connectivity index (χ4n) is 1.01. The van der Waals surface area contributed by atoms with Crippen LogP contribution in [0.2, 0.25) is 0 Å². The first-order valence-corrected chi connectivity index (χ1v) is 5.25. The summed E-state index contributed by atoms with van der Waals surface area (Å²) in [6.45, 7) is 3.20. The Hall–Kier alpha value is -1.12. The molecule has 14 heavy (non-hydrogen) atoms. The van der Waals surface area contributed by atoms with Crippen LogP contribution in [0.5, 0.6) is 0 Å². The maximum atomic E-state index is 9.77. The van der Waals surface area contributed by atoms with E-state index in [1.54, 1.807) is 13.8 Å². The molecule has 0 radical (unpaired) electrons. The number of aromatic nitrogens is 2. The second-order valence-electron chi connectivity index (χ2n) is 3.29. The van der Waals surface area contributed by atoms with Crippen LogP contribution in [0.1, 0.15) is 25.1 Å². The van der Waals surface area contributed by atoms with Crippen molar-refractivity contribution >= 4 is 11.8 Å². The molecule has 0 aromatic carbocycles. The van der Waals surface area contributed by atoms with Crippen molar-refractivity contribution in [2.75, 3.05) is 6.26 Å². The smallest absolute Gasteiger partial charge is 0.187 e. The summed E-state index contributed by atoms with van der Waals surface area (Å²) >= 11 is 1.38. The van der Waals surface area contributed by atoms with Crippen LogP contribution in [0.15, 0.2) is 11.4 Å². The van der Waals surface area contributed by atoms with E-state index in [2.05, 4.69) is 9.97 Å². The highest BCUT2D eigenvalue weighted by Gasteiger charge is 2.22. The predicted molar refractivity (Wildman–Crippen MR) is 53.8 cm³/mol. The molecular weight excluding hydrogens is 198 g/mol. The van der Waals surface area contributed by atoms with Gasteiger partial charge in [-0.1, -0.05) is 11.8 Å². The molecule has 0 saturated heterocycles. The van der Waals surface area contributed by atoms with Gasteiger partial charge in [0.25, 0.3) is 0 Å². The minimum absolute atomic E-state index is 0.315. The molecule has 1 rings (SSSR count). The van der Waals surface area contributed by atoms with Crippen molar-refractivity contribution in [1.29, 1.82) is 5.26 Å². The summed E-state index contributed by atoms with van der Waals surface area (Å²) in [5, 5.41) is 19.1. The zero-order chi connectivity index (χ0) is 10.8. The first-order valence-electron chi connectivity index (χ1n) is 4.03. The van der Waals surface area contributed by atoms with Crippen LogP contribution in [0.25, 0.3) is 0 Å². The predicted octanol–water partition coefficient (Wildman–Crippen LogP) is 1.30. The van der Waals surface area contributed by atoms with E-state index in [1.165, 1.54) is 18.0 Å². The maximum Gasteiger partial charge on any atom is 0.187 e. The van der Waals surface area contributed by atoms with Crippen molar-refractivity contribution in [2.24, 2.45) is 0 Å². The average Bonchev–Trinajstić information content (AvgIpc) is 2.15. The number of nitriles is 1. The summed E-state index contributed by atoms with van der Waals surface area (Å²) in [5.74, 6) is 0. The lowest BCUT2D eigenvalue weighted by Gasteiger charge is -2.17. The third kappa shape index (κ3) is 2.22. The molecule has 74 valence electrons. The molecule has 0 bridgehead atoms. The highest BCUT2D eigenvalue weighted by molar-refractivity contribution is 7.98. The van der Waals surface area contributed by atoms with Gasteiger partial charge in [0.05, 0.1) is 11.3 Å². The summed E-state index contributed by atoms with van der Waals surface area (Å²) in [6, 6.07) is 1.96. The van der Waals surface area contributed by atoms with Gasteiger partial charge in [-0.25, -0.2) is 9.97 Å². The number of hydrogen-bond acceptors (Lipinski definition) is 5. The van der Waals surface area contributed by atoms with Crippen LogP contribution >= 0.6 is 11.8 Å². The maximum absolute atomic E-state index is 9.77. The fourth-order valence-corrected chi connectivity index (χ4v) is 1.35. The van der Waals surface area contributed by atoms with Crippen molar-refractivity contribution in [1.82, 2.24) is 9.97 Å². The summed E-state index contributed by atoms with van der Waals surface area (Å²) in [6.07, 6.45) is 3.28. The SMILES string of the molecule is CSc1ncc(C#N)c(C(C)(C)O)n1. The van der Waals surface area contributed by atoms with Crippen LogP contribution < -0.4 is 0 Å². The molecule has 0 fully saturated rings. The third-order valence-electron chi connectivity index (χ3n) is 1.65. The van der Waals surface area contributed by atoms with E-state index >= 15 is 0 Å². The van der Waals surface area contributed by atoms with E-state index in [0.29, 0.717) is 16.4 Å². The lowest BCUT2D eigenvalue weighted by Crippen LogP contribution is -2.20. The molecule has 4 nitrogen and oxygen atoms in total. The topological polar surface area (TPSA) is 69.8 Å². The van der Waals surface area contributed by atoms with Gasteiger partial charge in [-0.3, -0.25) is 0 Å². The van der Waals surface area contributed by atoms with Crippen molar-refractivity contribution in [3.63, 3.8) is 0 Å². The molecule has 0 unspecified atom stereocenters. The normalized spacial score (nSPS) is 11.1. The molecule has 1 aromatic heterocycles. The average molecular weight is 209 g/mol. The van der Waals surface area contributed by atoms with E-state index in [1.807, 2.05) is 12.3 Å². The van der Waals surface area contributed by atoms with Gasteiger partial charge in [0, 0.05) is 6.20 Å². The van der Waals surface area contributed by atoms with Gasteiger partial charge in [0.15, 0.2) is 5.16 Å². The number of aliphatic hydroxyl groups is 1. The number of rotatable bonds is 2. The Morgan fingerprint density at radius 1 is 1.57 bits per heavy atom. The molecular formula is C9H11N3OS. The van der Waals surface area contributed by atoms with E-state index < -0.39 is 5.60 Å². The van der Waals surface area contributed by atoms with Crippen molar-refractivity contribution in [2.45, 2.75) is 24.6 Å². The van der Waals surface area contributed by atoms with Crippen LogP contribution in [0.4, 0.5) is 0 Å². The second kappa shape index (κ2) is 3.95. The number of thioether (sulfide) groups is 1. The Kier molecular flexibility index (Phi) is 3.09. The van der Waals surface area contributed by atoms with E-state index in [0.717, 1.165) is 0 Å². The van der Waals surface area contributed by atoms with Crippen molar-refractivity contribution < 1.29 is 5.11 Å². The van der Waals surface area contributed by atoms with Crippen LogP contribution in [-0.2, 0) is 5.60 Å². The van der Waals surface area contributed by atoms with Gasteiger partial charge in [-0.2, -0.15) is 5.26 Å². The Balaban J connectivity index is 3.31. The standard InChI is InChI=1S/C9H11N3OS/c1-9(2,13)7-6(4-10)5-11-8(12-7)14-3/h5,13H,1-3H3. The molecule has 1 N–H and O–H groups in total. The summed E-state index contributed by atoms with van der Waals surface area (Å²) in [4.78, 5) is 8.07. The van der Waals surface area contributed by atoms with E-state index in [9.17, 15) is 5.11 Å². The Morgan fingerprint density at radius 2 is 2.21 bits per heavy atom. The summed E-state index contributed by atoms with van der Waals surface area (Å²) in [5.41, 5.74) is -0.423. The lowest BCUT2D eigenvalue weighted by atomic mass is 10.0. The first-order chi connectivity index (χ1) is 6.49. The molecule has 5 heteroatoms. The van der Waals surface area contributed by atoms with Gasteiger partial charge in [-0.05, 0) is 20.1 Å². The molecule has 0 saturated carbocycles. The number of nitrogens with zero attached hydrogens (tertiary/aromatic N) is 3. The lowest BCUT2D eigenvalue weighted by molar-refractivity contribution is 0.0726. The Bertz CT molecular complexity index is 379. The minimum atomic E-state index is -1.11. The Labute approximate surface area is 87.0 Å². The molecule has 1 aromatic rings. The first kappa shape index (κ1) is 11.0. The fraction of sp³-hybridized carbons (Fsp3) is 0.444. The van der Waals surface area contributed by atoms with Gasteiger partial charge in [0.2, 0.25) is 0 Å². The van der Waals surface area contributed by atoms with Crippen molar-refractivity contribution in [3.05, 3.63) is 17.5 Å². The van der Waals surface area contributed by atoms with Gasteiger partial charge < -0.3 is 5.11 Å². The molecule has 0 aliphatic heterocycles. The molecule has 0 aliphatic rings. The molecule has 1 heterocycles. The monoisotopic (exact) mass is 209 g/mol. The number of hydrogen-bond donors (Lipinski definition) is 1. The highest BCUT2D eigenvalue weighted by atomic mass is 32.2. The van der Waals surface area contributed by atoms with E-state index in [-0.39, 0.29) is 0 Å². The largest absolute Gasteiger partial charge is 0.384 e. The summed E-state index contributed by atoms with van der Waals surface area (Å²) < 4.78 is 0. The van der Waals surface area contributed by atoms with Crippen LogP contribution in [0, 0.1) is 11.3 Å². The Morgan fingerprint density at radius 3 is 2.64 bits per heavy atom. The highest BCUT2D eigenvalue weighted by Crippen LogP contribution is 2.22. The van der Waals surface area contributed by atoms with Crippen LogP contribution in [-0.4, -0.2) is 21.3 Å². The quantitative estimate of drug-likeness (QED) is 0.587. The van der Waals surface area contributed by atoms with Crippen LogP contribution in [0.3, 0.4) is 0 Å². The zero-order valence-corrected chi connectivity index (χ0v) is 9.09. The molecule has 0 spiro atoms. The third-order valence-corrected chi connectivity index (χ3v) is 2.21. The second-order valence-corrected chi connectivity index (χ2v) is 4.06. The minimum Gasteiger partial charge on any atom is -0.384 e. The zero-order valence-electron chi connectivity index (χ0n) is 8.27. The van der Waals surface area contributed by atoms with E-state index in [4.69, 9.17) is 5.26 Å². The molecule has 0 aliphatic carbocycles. The molecule has 0 amide bonds. The van der Waals surface area contributed by atoms with Gasteiger partial charge >= 0.3 is 0 Å². The summed E-state index contributed by atoms with van der Waals surface area (Å²) in [7, 11) is 0. The van der Waals surface area contributed by atoms with Gasteiger partial charge in [-0.15, -0.1) is 0 Å². The van der Waals surface area contributed by atoms with Crippen molar-refractivity contribution in [3.8, 4) is 6.07 Å². The van der Waals surface area contributed by atoms with Gasteiger partial charge in [0.1, 0.15) is 11.7 Å².